The van der Waals surface area contributed by atoms with Crippen molar-refractivity contribution in [3.05, 3.63) is 40.0 Å². The molecule has 0 aliphatic carbocycles. The number of nitrogens with zero attached hydrogens (tertiary/aromatic N) is 3. The lowest BCUT2D eigenvalue weighted by molar-refractivity contribution is 0.424. The van der Waals surface area contributed by atoms with Crippen LogP contribution in [-0.4, -0.2) is 36.5 Å². The van der Waals surface area contributed by atoms with E-state index in [1.165, 1.54) is 24.6 Å². The molecule has 2 aromatic rings. The van der Waals surface area contributed by atoms with Gasteiger partial charge < -0.3 is 5.32 Å². The average Bonchev–Trinajstić information content (AvgIpc) is 2.95. The van der Waals surface area contributed by atoms with E-state index in [2.05, 4.69) is 10.3 Å². The maximum absolute atomic E-state index is 12.3. The maximum Gasteiger partial charge on any atom is 0.239 e. The van der Waals surface area contributed by atoms with Crippen LogP contribution >= 0.6 is 22.9 Å². The van der Waals surface area contributed by atoms with Crippen LogP contribution in [0.2, 0.25) is 5.02 Å². The monoisotopic (exact) mass is 395 g/mol. The second-order valence-corrected chi connectivity index (χ2v) is 9.35. The lowest BCUT2D eigenvalue weighted by Crippen LogP contribution is -2.60. The lowest BCUT2D eigenvalue weighted by atomic mass is 10.0. The maximum atomic E-state index is 12.3. The van der Waals surface area contributed by atoms with E-state index in [1.807, 2.05) is 6.07 Å². The van der Waals surface area contributed by atoms with Crippen LogP contribution in [-0.2, 0) is 15.6 Å². The van der Waals surface area contributed by atoms with Gasteiger partial charge >= 0.3 is 0 Å². The van der Waals surface area contributed by atoms with Gasteiger partial charge in [0.1, 0.15) is 6.07 Å². The highest BCUT2D eigenvalue weighted by Gasteiger charge is 2.44. The van der Waals surface area contributed by atoms with Crippen LogP contribution in [0.25, 0.3) is 10.4 Å². The van der Waals surface area contributed by atoms with Gasteiger partial charge in [0.2, 0.25) is 16.0 Å². The summed E-state index contributed by atoms with van der Waals surface area (Å²) in [4.78, 5) is 5.43. The Labute approximate surface area is 154 Å². The molecule has 10 heteroatoms. The number of hydrogen-bond donors (Lipinski definition) is 2. The number of pyridine rings is 1. The third-order valence-electron chi connectivity index (χ3n) is 3.94. The molecule has 2 N–H and O–H groups in total. The molecule has 25 heavy (non-hydrogen) atoms. The van der Waals surface area contributed by atoms with E-state index in [1.54, 1.807) is 25.3 Å². The van der Waals surface area contributed by atoms with Gasteiger partial charge in [-0.05, 0) is 19.1 Å². The molecular formula is C15H14ClN5O2S2. The first-order valence-corrected chi connectivity index (χ1v) is 9.95. The number of thiophene rings is 1. The van der Waals surface area contributed by atoms with Crippen molar-refractivity contribution >= 4 is 38.9 Å². The van der Waals surface area contributed by atoms with E-state index < -0.39 is 15.6 Å². The van der Waals surface area contributed by atoms with Gasteiger partial charge in [-0.25, -0.2) is 12.7 Å². The first-order chi connectivity index (χ1) is 11.7. The van der Waals surface area contributed by atoms with Crippen molar-refractivity contribution in [2.75, 3.05) is 12.8 Å². The fourth-order valence-electron chi connectivity index (χ4n) is 2.62. The molecule has 2 aromatic heterocycles. The van der Waals surface area contributed by atoms with Crippen LogP contribution < -0.4 is 5.32 Å². The summed E-state index contributed by atoms with van der Waals surface area (Å²) in [6.07, 6.45) is 3.09. The second kappa shape index (κ2) is 5.98. The Balaban J connectivity index is 2.06. The van der Waals surface area contributed by atoms with Gasteiger partial charge in [0.25, 0.3) is 0 Å². The Morgan fingerprint density at radius 3 is 2.84 bits per heavy atom. The van der Waals surface area contributed by atoms with Crippen LogP contribution in [0.1, 0.15) is 17.4 Å². The molecule has 0 saturated carbocycles. The lowest BCUT2D eigenvalue weighted by Gasteiger charge is -2.39. The first kappa shape index (κ1) is 17.7. The van der Waals surface area contributed by atoms with Crippen molar-refractivity contribution in [1.82, 2.24) is 14.6 Å². The SMILES string of the molecule is CN1C(=N)N[C@](C)(c2sc(-c3cncc(C#N)c3)cc2Cl)CS1(=O)=O. The molecule has 1 aliphatic rings. The van der Waals surface area contributed by atoms with E-state index >= 15 is 0 Å². The Bertz CT molecular complexity index is 1010. The fraction of sp³-hybridized carbons (Fsp3) is 0.267. The largest absolute Gasteiger partial charge is 0.344 e. The molecule has 3 heterocycles. The normalized spacial score (nSPS) is 22.3. The number of rotatable bonds is 2. The minimum Gasteiger partial charge on any atom is -0.344 e. The Kier molecular flexibility index (Phi) is 4.23. The number of sulfonamides is 1. The summed E-state index contributed by atoms with van der Waals surface area (Å²) < 4.78 is 25.5. The van der Waals surface area contributed by atoms with Gasteiger partial charge in [0, 0.05) is 29.9 Å². The standard InChI is InChI=1S/C15H14ClN5O2S2/c1-15(8-25(22,23)21(2)14(18)20-15)13-11(16)4-12(24-13)10-3-9(5-17)6-19-7-10/h3-4,6-7H,8H2,1-2H3,(H2,18,20)/t15-/m0/s1. The highest BCUT2D eigenvalue weighted by molar-refractivity contribution is 7.89. The van der Waals surface area contributed by atoms with Gasteiger partial charge in [-0.15, -0.1) is 11.3 Å². The quantitative estimate of drug-likeness (QED) is 0.810. The minimum absolute atomic E-state index is 0.201. The predicted octanol–water partition coefficient (Wildman–Crippen LogP) is 2.35. The van der Waals surface area contributed by atoms with Crippen molar-refractivity contribution in [1.29, 1.82) is 10.7 Å². The van der Waals surface area contributed by atoms with E-state index in [9.17, 15) is 8.42 Å². The zero-order valence-corrected chi connectivity index (χ0v) is 15.8. The highest BCUT2D eigenvalue weighted by atomic mass is 35.5. The van der Waals surface area contributed by atoms with Crippen LogP contribution in [0.4, 0.5) is 0 Å². The topological polar surface area (TPSA) is 110 Å². The molecule has 1 saturated heterocycles. The van der Waals surface area contributed by atoms with Crippen molar-refractivity contribution in [2.24, 2.45) is 0 Å². The average molecular weight is 396 g/mol. The van der Waals surface area contributed by atoms with Crippen LogP contribution in [0.5, 0.6) is 0 Å². The van der Waals surface area contributed by atoms with Crippen molar-refractivity contribution in [3.63, 3.8) is 0 Å². The molecule has 3 rings (SSSR count). The van der Waals surface area contributed by atoms with Crippen molar-refractivity contribution < 1.29 is 8.42 Å². The number of nitriles is 1. The molecule has 0 radical (unpaired) electrons. The van der Waals surface area contributed by atoms with Gasteiger partial charge in [-0.2, -0.15) is 5.26 Å². The molecule has 1 atom stereocenters. The molecule has 1 fully saturated rings. The van der Waals surface area contributed by atoms with Gasteiger partial charge in [0.05, 0.1) is 26.8 Å². The number of aromatic nitrogens is 1. The highest BCUT2D eigenvalue weighted by Crippen LogP contribution is 2.42. The smallest absolute Gasteiger partial charge is 0.239 e. The molecule has 7 nitrogen and oxygen atoms in total. The Morgan fingerprint density at radius 2 is 2.20 bits per heavy atom. The Morgan fingerprint density at radius 1 is 1.48 bits per heavy atom. The summed E-state index contributed by atoms with van der Waals surface area (Å²) >= 11 is 7.69. The number of guanidine groups is 1. The van der Waals surface area contributed by atoms with Crippen LogP contribution in [0, 0.1) is 16.7 Å². The van der Waals surface area contributed by atoms with E-state index in [-0.39, 0.29) is 11.7 Å². The molecule has 0 bridgehead atoms. The zero-order chi connectivity index (χ0) is 18.4. The van der Waals surface area contributed by atoms with Gasteiger partial charge in [0.15, 0.2) is 0 Å². The summed E-state index contributed by atoms with van der Waals surface area (Å²) in [7, 11) is -2.27. The van der Waals surface area contributed by atoms with E-state index in [0.29, 0.717) is 15.5 Å². The molecule has 0 amide bonds. The summed E-state index contributed by atoms with van der Waals surface area (Å²) in [5.74, 6) is -0.414. The third kappa shape index (κ3) is 3.08. The number of halogens is 1. The van der Waals surface area contributed by atoms with E-state index in [0.717, 1.165) is 14.7 Å². The van der Waals surface area contributed by atoms with Gasteiger partial charge in [-0.1, -0.05) is 11.6 Å². The minimum atomic E-state index is -3.61. The summed E-state index contributed by atoms with van der Waals surface area (Å²) in [6.45, 7) is 1.71. The molecule has 130 valence electrons. The summed E-state index contributed by atoms with van der Waals surface area (Å²) in [5, 5.41) is 20.2. The number of nitrogens with one attached hydrogen (secondary N) is 2. The van der Waals surface area contributed by atoms with Crippen molar-refractivity contribution in [3.8, 4) is 16.5 Å². The van der Waals surface area contributed by atoms with Crippen molar-refractivity contribution in [2.45, 2.75) is 12.5 Å². The third-order valence-corrected chi connectivity index (χ3v) is 7.75. The van der Waals surface area contributed by atoms with E-state index in [4.69, 9.17) is 22.3 Å². The molecule has 1 aliphatic heterocycles. The second-order valence-electron chi connectivity index (χ2n) is 5.89. The predicted molar refractivity (Wildman–Crippen MR) is 97.0 cm³/mol. The van der Waals surface area contributed by atoms with Gasteiger partial charge in [-0.3, -0.25) is 10.4 Å². The Hall–Kier alpha value is -2.15. The summed E-state index contributed by atoms with van der Waals surface area (Å²) in [5.41, 5.74) is 0.145. The number of hydrogen-bond acceptors (Lipinski definition) is 6. The fourth-order valence-corrected chi connectivity index (χ4v) is 5.81. The first-order valence-electron chi connectivity index (χ1n) is 7.15. The molecule has 0 spiro atoms. The van der Waals surface area contributed by atoms with Crippen LogP contribution in [0.3, 0.4) is 0 Å². The molecular weight excluding hydrogens is 382 g/mol. The summed E-state index contributed by atoms with van der Waals surface area (Å²) in [6, 6.07) is 5.45. The zero-order valence-electron chi connectivity index (χ0n) is 13.4. The molecule has 0 aromatic carbocycles. The molecule has 0 unspecified atom stereocenters. The van der Waals surface area contributed by atoms with Crippen LogP contribution in [0.15, 0.2) is 24.5 Å².